The zero-order chi connectivity index (χ0) is 17.3. The highest BCUT2D eigenvalue weighted by Crippen LogP contribution is 2.27. The van der Waals surface area contributed by atoms with E-state index in [1.807, 2.05) is 16.6 Å². The quantitative estimate of drug-likeness (QED) is 0.716. The average Bonchev–Trinajstić information content (AvgIpc) is 3.42. The van der Waals surface area contributed by atoms with E-state index < -0.39 is 0 Å². The first-order valence-electron chi connectivity index (χ1n) is 9.29. The van der Waals surface area contributed by atoms with E-state index in [1.165, 1.54) is 5.69 Å². The van der Waals surface area contributed by atoms with Crippen molar-refractivity contribution in [2.75, 3.05) is 44.3 Å². The summed E-state index contributed by atoms with van der Waals surface area (Å²) in [6, 6.07) is 8.18. The van der Waals surface area contributed by atoms with Gasteiger partial charge in [-0.25, -0.2) is 9.50 Å². The van der Waals surface area contributed by atoms with Crippen LogP contribution in [0.15, 0.2) is 41.1 Å². The Morgan fingerprint density at radius 1 is 1.12 bits per heavy atom. The molecular formula is C19H23N5O2. The van der Waals surface area contributed by atoms with Gasteiger partial charge in [0, 0.05) is 25.6 Å². The third kappa shape index (κ3) is 3.08. The highest BCUT2D eigenvalue weighted by Gasteiger charge is 2.27. The van der Waals surface area contributed by atoms with Crippen LogP contribution in [0.4, 0.5) is 5.69 Å². The topological polar surface area (TPSA) is 59.0 Å². The maximum absolute atomic E-state index is 5.46. The van der Waals surface area contributed by atoms with Crippen LogP contribution in [0.3, 0.4) is 0 Å². The van der Waals surface area contributed by atoms with Crippen molar-refractivity contribution >= 4 is 11.3 Å². The van der Waals surface area contributed by atoms with E-state index in [9.17, 15) is 0 Å². The first kappa shape index (κ1) is 15.8. The Hall–Kier alpha value is -2.38. The standard InChI is InChI=1S/C19H23N5O2/c1-2-17(26-9-1)14-22-6-5-15(12-22)19-20-18-4-3-16(13-24(18)21-19)23-7-10-25-11-8-23/h1-4,9,13,15H,5-8,10-12,14H2/t15-/m1/s1. The highest BCUT2D eigenvalue weighted by molar-refractivity contribution is 5.51. The third-order valence-corrected chi connectivity index (χ3v) is 5.31. The molecular weight excluding hydrogens is 330 g/mol. The second-order valence-electron chi connectivity index (χ2n) is 7.06. The molecule has 0 saturated carbocycles. The van der Waals surface area contributed by atoms with E-state index in [4.69, 9.17) is 19.2 Å². The first-order chi connectivity index (χ1) is 12.8. The van der Waals surface area contributed by atoms with E-state index in [1.54, 1.807) is 6.26 Å². The van der Waals surface area contributed by atoms with Crippen molar-refractivity contribution in [3.63, 3.8) is 0 Å². The van der Waals surface area contributed by atoms with Gasteiger partial charge in [0.2, 0.25) is 0 Å². The lowest BCUT2D eigenvalue weighted by Crippen LogP contribution is -2.36. The number of nitrogens with zero attached hydrogens (tertiary/aromatic N) is 5. The van der Waals surface area contributed by atoms with Crippen molar-refractivity contribution in [3.8, 4) is 0 Å². The van der Waals surface area contributed by atoms with Crippen molar-refractivity contribution in [1.29, 1.82) is 0 Å². The smallest absolute Gasteiger partial charge is 0.156 e. The van der Waals surface area contributed by atoms with Gasteiger partial charge in [0.15, 0.2) is 11.5 Å². The van der Waals surface area contributed by atoms with Gasteiger partial charge >= 0.3 is 0 Å². The van der Waals surface area contributed by atoms with Crippen LogP contribution >= 0.6 is 0 Å². The van der Waals surface area contributed by atoms with Gasteiger partial charge < -0.3 is 14.1 Å². The fraction of sp³-hybridized carbons (Fsp3) is 0.474. The minimum absolute atomic E-state index is 0.386. The number of hydrogen-bond donors (Lipinski definition) is 0. The molecule has 136 valence electrons. The third-order valence-electron chi connectivity index (χ3n) is 5.31. The number of morpholine rings is 1. The minimum Gasteiger partial charge on any atom is -0.468 e. The predicted octanol–water partition coefficient (Wildman–Crippen LogP) is 2.15. The van der Waals surface area contributed by atoms with Gasteiger partial charge in [-0.05, 0) is 37.2 Å². The lowest BCUT2D eigenvalue weighted by atomic mass is 10.1. The van der Waals surface area contributed by atoms with Crippen LogP contribution in [-0.4, -0.2) is 58.9 Å². The molecule has 0 amide bonds. The summed E-state index contributed by atoms with van der Waals surface area (Å²) >= 11 is 0. The number of anilines is 1. The molecule has 1 atom stereocenters. The molecule has 2 aliphatic rings. The summed E-state index contributed by atoms with van der Waals surface area (Å²) < 4.78 is 12.8. The minimum atomic E-state index is 0.386. The first-order valence-corrected chi connectivity index (χ1v) is 9.29. The molecule has 0 radical (unpaired) electrons. The molecule has 2 fully saturated rings. The molecule has 5 heterocycles. The van der Waals surface area contributed by atoms with Crippen LogP contribution in [0.25, 0.3) is 5.65 Å². The van der Waals surface area contributed by atoms with E-state index in [0.717, 1.165) is 69.6 Å². The van der Waals surface area contributed by atoms with Crippen LogP contribution < -0.4 is 4.90 Å². The Bertz CT molecular complexity index is 869. The second kappa shape index (κ2) is 6.74. The Labute approximate surface area is 152 Å². The van der Waals surface area contributed by atoms with Gasteiger partial charge in [0.25, 0.3) is 0 Å². The summed E-state index contributed by atoms with van der Waals surface area (Å²) in [6.45, 7) is 6.32. The van der Waals surface area contributed by atoms with Crippen LogP contribution in [0.2, 0.25) is 0 Å². The van der Waals surface area contributed by atoms with Crippen LogP contribution in [0, 0.1) is 0 Å². The number of hydrogen-bond acceptors (Lipinski definition) is 6. The van der Waals surface area contributed by atoms with Gasteiger partial charge in [0.05, 0.1) is 37.9 Å². The normalized spacial score (nSPS) is 21.7. The second-order valence-corrected chi connectivity index (χ2v) is 7.06. The Morgan fingerprint density at radius 3 is 2.88 bits per heavy atom. The molecule has 2 aliphatic heterocycles. The van der Waals surface area contributed by atoms with Crippen molar-refractivity contribution in [2.45, 2.75) is 18.9 Å². The molecule has 5 rings (SSSR count). The summed E-state index contributed by atoms with van der Waals surface area (Å²) in [5.41, 5.74) is 2.10. The van der Waals surface area contributed by atoms with Gasteiger partial charge in [-0.1, -0.05) is 0 Å². The van der Waals surface area contributed by atoms with Crippen LogP contribution in [0.1, 0.15) is 23.9 Å². The Kier molecular flexibility index (Phi) is 4.10. The summed E-state index contributed by atoms with van der Waals surface area (Å²) in [4.78, 5) is 9.52. The zero-order valence-electron chi connectivity index (χ0n) is 14.8. The van der Waals surface area contributed by atoms with Crippen LogP contribution in [-0.2, 0) is 11.3 Å². The fourth-order valence-electron chi connectivity index (χ4n) is 3.88. The maximum Gasteiger partial charge on any atom is 0.156 e. The van der Waals surface area contributed by atoms with E-state index in [2.05, 4.69) is 28.1 Å². The molecule has 3 aromatic heterocycles. The predicted molar refractivity (Wildman–Crippen MR) is 97.4 cm³/mol. The number of aromatic nitrogens is 3. The zero-order valence-corrected chi connectivity index (χ0v) is 14.8. The number of furan rings is 1. The summed E-state index contributed by atoms with van der Waals surface area (Å²) in [5.74, 6) is 2.35. The molecule has 2 saturated heterocycles. The Balaban J connectivity index is 1.31. The molecule has 26 heavy (non-hydrogen) atoms. The number of rotatable bonds is 4. The average molecular weight is 353 g/mol. The van der Waals surface area contributed by atoms with Crippen molar-refractivity contribution in [2.24, 2.45) is 0 Å². The highest BCUT2D eigenvalue weighted by atomic mass is 16.5. The molecule has 0 spiro atoms. The van der Waals surface area contributed by atoms with Crippen molar-refractivity contribution in [3.05, 3.63) is 48.3 Å². The molecule has 0 aromatic carbocycles. The van der Waals surface area contributed by atoms with E-state index >= 15 is 0 Å². The lowest BCUT2D eigenvalue weighted by Gasteiger charge is -2.28. The Morgan fingerprint density at radius 2 is 2.04 bits per heavy atom. The number of fused-ring (bicyclic) bond motifs is 1. The number of ether oxygens (including phenoxy) is 1. The van der Waals surface area contributed by atoms with Crippen LogP contribution in [0.5, 0.6) is 0 Å². The van der Waals surface area contributed by atoms with E-state index in [0.29, 0.717) is 5.92 Å². The van der Waals surface area contributed by atoms with Gasteiger partial charge in [-0.15, -0.1) is 0 Å². The monoisotopic (exact) mass is 353 g/mol. The van der Waals surface area contributed by atoms with Crippen molar-refractivity contribution < 1.29 is 9.15 Å². The summed E-state index contributed by atoms with van der Waals surface area (Å²) in [5, 5.41) is 4.78. The summed E-state index contributed by atoms with van der Waals surface area (Å²) in [7, 11) is 0. The molecule has 0 N–H and O–H groups in total. The SMILES string of the molecule is c1coc(CN2CC[C@@H](c3nc4ccc(N5CCOCC5)cn4n3)C2)c1. The van der Waals surface area contributed by atoms with Gasteiger partial charge in [0.1, 0.15) is 5.76 Å². The van der Waals surface area contributed by atoms with Gasteiger partial charge in [-0.3, -0.25) is 4.90 Å². The van der Waals surface area contributed by atoms with Gasteiger partial charge in [-0.2, -0.15) is 5.10 Å². The lowest BCUT2D eigenvalue weighted by molar-refractivity contribution is 0.122. The molecule has 7 nitrogen and oxygen atoms in total. The summed E-state index contributed by atoms with van der Waals surface area (Å²) in [6.07, 6.45) is 4.92. The molecule has 0 unspecified atom stereocenters. The number of pyridine rings is 1. The molecule has 7 heteroatoms. The molecule has 0 bridgehead atoms. The van der Waals surface area contributed by atoms with E-state index in [-0.39, 0.29) is 0 Å². The molecule has 3 aromatic rings. The fourth-order valence-corrected chi connectivity index (χ4v) is 3.88. The maximum atomic E-state index is 5.46. The number of likely N-dealkylation sites (tertiary alicyclic amines) is 1. The largest absolute Gasteiger partial charge is 0.468 e. The molecule has 0 aliphatic carbocycles. The van der Waals surface area contributed by atoms with Crippen molar-refractivity contribution in [1.82, 2.24) is 19.5 Å².